The summed E-state index contributed by atoms with van der Waals surface area (Å²) in [4.78, 5) is 12.2. The molecule has 0 aromatic heterocycles. The molecule has 0 aliphatic carbocycles. The molecule has 8 heteroatoms. The van der Waals surface area contributed by atoms with Crippen LogP contribution in [0.3, 0.4) is 0 Å². The first-order valence-electron chi connectivity index (χ1n) is 6.21. The minimum atomic E-state index is -3.59. The van der Waals surface area contributed by atoms with Gasteiger partial charge in [0.2, 0.25) is 5.91 Å². The van der Waals surface area contributed by atoms with Crippen molar-refractivity contribution in [2.24, 2.45) is 0 Å². The van der Waals surface area contributed by atoms with E-state index in [2.05, 4.69) is 10.0 Å². The maximum absolute atomic E-state index is 12.2. The molecule has 1 heterocycles. The average Bonchev–Trinajstić information content (AvgIpc) is 2.91. The van der Waals surface area contributed by atoms with Gasteiger partial charge in [0.15, 0.2) is 0 Å². The fourth-order valence-electron chi connectivity index (χ4n) is 2.17. The van der Waals surface area contributed by atoms with Crippen molar-refractivity contribution in [1.82, 2.24) is 9.03 Å². The molecule has 1 aromatic carbocycles. The molecule has 1 saturated heterocycles. The normalized spacial score (nSPS) is 20.0. The highest BCUT2D eigenvalue weighted by atomic mass is 35.5. The third kappa shape index (κ3) is 3.29. The van der Waals surface area contributed by atoms with Gasteiger partial charge < -0.3 is 5.32 Å². The van der Waals surface area contributed by atoms with Gasteiger partial charge in [-0.3, -0.25) is 4.79 Å². The summed E-state index contributed by atoms with van der Waals surface area (Å²) in [5.74, 6) is -0.330. The smallest absolute Gasteiger partial charge is 0.279 e. The molecule has 1 aliphatic heterocycles. The van der Waals surface area contributed by atoms with Gasteiger partial charge in [-0.05, 0) is 37.1 Å². The third-order valence-electron chi connectivity index (χ3n) is 3.18. The van der Waals surface area contributed by atoms with Gasteiger partial charge in [0.1, 0.15) is 6.04 Å². The van der Waals surface area contributed by atoms with Crippen LogP contribution in [0.25, 0.3) is 0 Å². The molecule has 110 valence electrons. The highest BCUT2D eigenvalue weighted by Gasteiger charge is 2.37. The lowest BCUT2D eigenvalue weighted by atomic mass is 10.2. The van der Waals surface area contributed by atoms with Crippen molar-refractivity contribution >= 4 is 33.4 Å². The lowest BCUT2D eigenvalue weighted by Crippen LogP contribution is -2.47. The lowest BCUT2D eigenvalue weighted by molar-refractivity contribution is -0.119. The van der Waals surface area contributed by atoms with E-state index >= 15 is 0 Å². The summed E-state index contributed by atoms with van der Waals surface area (Å²) in [6.07, 6.45) is 1.18. The molecule has 1 atom stereocenters. The Kier molecular flexibility index (Phi) is 4.64. The van der Waals surface area contributed by atoms with Gasteiger partial charge in [0.25, 0.3) is 10.2 Å². The van der Waals surface area contributed by atoms with Crippen molar-refractivity contribution in [2.45, 2.75) is 18.9 Å². The van der Waals surface area contributed by atoms with Gasteiger partial charge >= 0.3 is 0 Å². The summed E-state index contributed by atoms with van der Waals surface area (Å²) in [5.41, 5.74) is 0.591. The zero-order chi connectivity index (χ0) is 14.8. The maximum atomic E-state index is 12.2. The van der Waals surface area contributed by atoms with Gasteiger partial charge in [-0.1, -0.05) is 11.6 Å². The predicted octanol–water partition coefficient (Wildman–Crippen LogP) is 1.21. The highest BCUT2D eigenvalue weighted by Crippen LogP contribution is 2.22. The maximum Gasteiger partial charge on any atom is 0.279 e. The number of carbonyl (C=O) groups excluding carboxylic acids is 1. The molecular weight excluding hydrogens is 302 g/mol. The minimum Gasteiger partial charge on any atom is -0.325 e. The molecule has 2 rings (SSSR count). The average molecular weight is 318 g/mol. The van der Waals surface area contributed by atoms with E-state index in [1.807, 2.05) is 0 Å². The summed E-state index contributed by atoms with van der Waals surface area (Å²) in [7, 11) is -2.25. The number of hydrogen-bond donors (Lipinski definition) is 2. The van der Waals surface area contributed by atoms with Crippen LogP contribution in [0.15, 0.2) is 24.3 Å². The molecule has 1 unspecified atom stereocenters. The second-order valence-electron chi connectivity index (χ2n) is 4.47. The first-order valence-corrected chi connectivity index (χ1v) is 8.02. The Morgan fingerprint density at radius 2 is 2.00 bits per heavy atom. The number of nitrogens with one attached hydrogen (secondary N) is 2. The van der Waals surface area contributed by atoms with Crippen molar-refractivity contribution < 1.29 is 13.2 Å². The van der Waals surface area contributed by atoms with Crippen LogP contribution in [-0.2, 0) is 15.0 Å². The molecule has 0 bridgehead atoms. The van der Waals surface area contributed by atoms with E-state index in [9.17, 15) is 13.2 Å². The van der Waals surface area contributed by atoms with Crippen molar-refractivity contribution in [3.8, 4) is 0 Å². The van der Waals surface area contributed by atoms with Crippen LogP contribution in [-0.4, -0.2) is 38.3 Å². The van der Waals surface area contributed by atoms with E-state index < -0.39 is 16.3 Å². The van der Waals surface area contributed by atoms with Crippen molar-refractivity contribution in [2.75, 3.05) is 18.9 Å². The number of benzene rings is 1. The molecule has 0 spiro atoms. The van der Waals surface area contributed by atoms with Crippen molar-refractivity contribution in [1.29, 1.82) is 0 Å². The molecule has 1 aliphatic rings. The number of carbonyl (C=O) groups is 1. The Labute approximate surface area is 123 Å². The Morgan fingerprint density at radius 1 is 1.35 bits per heavy atom. The Bertz CT molecular complexity index is 588. The van der Waals surface area contributed by atoms with Crippen LogP contribution in [0.5, 0.6) is 0 Å². The van der Waals surface area contributed by atoms with Crippen LogP contribution in [0, 0.1) is 0 Å². The highest BCUT2D eigenvalue weighted by molar-refractivity contribution is 7.87. The topological polar surface area (TPSA) is 78.5 Å². The number of hydrogen-bond acceptors (Lipinski definition) is 3. The van der Waals surface area contributed by atoms with Crippen LogP contribution in [0.1, 0.15) is 12.8 Å². The monoisotopic (exact) mass is 317 g/mol. The summed E-state index contributed by atoms with van der Waals surface area (Å²) in [5, 5.41) is 3.28. The first kappa shape index (κ1) is 15.2. The molecule has 20 heavy (non-hydrogen) atoms. The number of anilines is 1. The quantitative estimate of drug-likeness (QED) is 0.876. The van der Waals surface area contributed by atoms with Gasteiger partial charge in [-0.15, -0.1) is 0 Å². The van der Waals surface area contributed by atoms with Crippen molar-refractivity contribution in [3.63, 3.8) is 0 Å². The Balaban J connectivity index is 2.10. The number of rotatable bonds is 4. The molecule has 1 amide bonds. The van der Waals surface area contributed by atoms with Crippen LogP contribution >= 0.6 is 11.6 Å². The Hall–Kier alpha value is -1.15. The van der Waals surface area contributed by atoms with E-state index in [1.165, 1.54) is 11.4 Å². The predicted molar refractivity (Wildman–Crippen MR) is 77.8 cm³/mol. The Morgan fingerprint density at radius 3 is 2.60 bits per heavy atom. The van der Waals surface area contributed by atoms with Crippen molar-refractivity contribution in [3.05, 3.63) is 29.3 Å². The molecule has 0 saturated carbocycles. The van der Waals surface area contributed by atoms with E-state index in [1.54, 1.807) is 24.3 Å². The lowest BCUT2D eigenvalue weighted by Gasteiger charge is -2.22. The van der Waals surface area contributed by atoms with Gasteiger partial charge in [-0.25, -0.2) is 4.72 Å². The largest absolute Gasteiger partial charge is 0.325 e. The second kappa shape index (κ2) is 6.09. The van der Waals surface area contributed by atoms with E-state index in [0.717, 1.165) is 0 Å². The van der Waals surface area contributed by atoms with Gasteiger partial charge in [0, 0.05) is 24.3 Å². The number of halogens is 1. The fourth-order valence-corrected chi connectivity index (χ4v) is 3.43. The molecule has 2 N–H and O–H groups in total. The molecule has 0 radical (unpaired) electrons. The summed E-state index contributed by atoms with van der Waals surface area (Å²) in [6, 6.07) is 5.99. The molecule has 1 aromatic rings. The van der Waals surface area contributed by atoms with E-state index in [0.29, 0.717) is 30.1 Å². The zero-order valence-electron chi connectivity index (χ0n) is 11.0. The van der Waals surface area contributed by atoms with Gasteiger partial charge in [0.05, 0.1) is 0 Å². The molecule has 1 fully saturated rings. The molecule has 6 nitrogen and oxygen atoms in total. The van der Waals surface area contributed by atoms with Crippen LogP contribution in [0.2, 0.25) is 5.02 Å². The van der Waals surface area contributed by atoms with E-state index in [-0.39, 0.29) is 5.91 Å². The summed E-state index contributed by atoms with van der Waals surface area (Å²) < 4.78 is 27.1. The first-order chi connectivity index (χ1) is 9.44. The van der Waals surface area contributed by atoms with Crippen LogP contribution < -0.4 is 10.0 Å². The zero-order valence-corrected chi connectivity index (χ0v) is 12.5. The van der Waals surface area contributed by atoms with Gasteiger partial charge in [-0.2, -0.15) is 12.7 Å². The third-order valence-corrected chi connectivity index (χ3v) is 5.01. The second-order valence-corrected chi connectivity index (χ2v) is 6.74. The van der Waals surface area contributed by atoms with E-state index in [4.69, 9.17) is 11.6 Å². The summed E-state index contributed by atoms with van der Waals surface area (Å²) >= 11 is 5.77. The standard InChI is InChI=1S/C12H16ClN3O3S/c1-14-20(18,19)16-8-2-3-11(16)12(17)15-10-6-4-9(13)5-7-10/h4-7,11,14H,2-3,8H2,1H3,(H,15,17). The fraction of sp³-hybridized carbons (Fsp3) is 0.417. The molecular formula is C12H16ClN3O3S. The SMILES string of the molecule is CNS(=O)(=O)N1CCCC1C(=O)Nc1ccc(Cl)cc1. The summed E-state index contributed by atoms with van der Waals surface area (Å²) in [6.45, 7) is 0.349. The number of nitrogens with zero attached hydrogens (tertiary/aromatic N) is 1. The van der Waals surface area contributed by atoms with Crippen LogP contribution in [0.4, 0.5) is 5.69 Å². The minimum absolute atomic E-state index is 0.330. The number of amides is 1.